The second-order valence-corrected chi connectivity index (χ2v) is 4.70. The largest absolute Gasteiger partial charge is 0.480 e. The van der Waals surface area contributed by atoms with E-state index in [1.54, 1.807) is 7.11 Å². The van der Waals surface area contributed by atoms with Gasteiger partial charge in [-0.2, -0.15) is 0 Å². The SMILES string of the molecule is CCCC(NC(=O)NCC1(OC)CCOC1)C(=O)O. The van der Waals surface area contributed by atoms with Gasteiger partial charge < -0.3 is 25.2 Å². The summed E-state index contributed by atoms with van der Waals surface area (Å²) in [5.74, 6) is -1.03. The molecule has 0 aliphatic carbocycles. The Hall–Kier alpha value is -1.34. The van der Waals surface area contributed by atoms with Crippen molar-refractivity contribution >= 4 is 12.0 Å². The zero-order valence-electron chi connectivity index (χ0n) is 11.4. The molecule has 0 aromatic carbocycles. The summed E-state index contributed by atoms with van der Waals surface area (Å²) in [6.45, 7) is 3.20. The molecule has 1 aliphatic heterocycles. The molecule has 0 aromatic heterocycles. The van der Waals surface area contributed by atoms with Crippen LogP contribution >= 0.6 is 0 Å². The second kappa shape index (κ2) is 7.30. The molecule has 0 saturated carbocycles. The Morgan fingerprint density at radius 3 is 2.74 bits per heavy atom. The molecule has 0 radical (unpaired) electrons. The highest BCUT2D eigenvalue weighted by atomic mass is 16.5. The highest BCUT2D eigenvalue weighted by Crippen LogP contribution is 2.21. The maximum atomic E-state index is 11.7. The van der Waals surface area contributed by atoms with Gasteiger partial charge in [0, 0.05) is 20.1 Å². The van der Waals surface area contributed by atoms with E-state index < -0.39 is 23.6 Å². The monoisotopic (exact) mass is 274 g/mol. The van der Waals surface area contributed by atoms with E-state index in [1.807, 2.05) is 6.92 Å². The van der Waals surface area contributed by atoms with Gasteiger partial charge in [-0.25, -0.2) is 9.59 Å². The van der Waals surface area contributed by atoms with Crippen LogP contribution in [0.5, 0.6) is 0 Å². The Labute approximate surface area is 112 Å². The van der Waals surface area contributed by atoms with Gasteiger partial charge in [0.1, 0.15) is 11.6 Å². The molecule has 3 N–H and O–H groups in total. The molecule has 2 unspecified atom stereocenters. The first-order chi connectivity index (χ1) is 9.03. The topological polar surface area (TPSA) is 96.9 Å². The van der Waals surface area contributed by atoms with Crippen molar-refractivity contribution in [2.24, 2.45) is 0 Å². The molecule has 2 amide bonds. The van der Waals surface area contributed by atoms with Gasteiger partial charge in [0.25, 0.3) is 0 Å². The summed E-state index contributed by atoms with van der Waals surface area (Å²) in [4.78, 5) is 22.6. The summed E-state index contributed by atoms with van der Waals surface area (Å²) in [6, 6.07) is -1.35. The van der Waals surface area contributed by atoms with Gasteiger partial charge in [-0.05, 0) is 6.42 Å². The maximum absolute atomic E-state index is 11.7. The molecular formula is C12H22N2O5. The lowest BCUT2D eigenvalue weighted by molar-refractivity contribution is -0.139. The van der Waals surface area contributed by atoms with Gasteiger partial charge >= 0.3 is 12.0 Å². The average molecular weight is 274 g/mol. The first-order valence-corrected chi connectivity index (χ1v) is 6.43. The fraction of sp³-hybridized carbons (Fsp3) is 0.833. The van der Waals surface area contributed by atoms with Crippen molar-refractivity contribution in [1.29, 1.82) is 0 Å². The fourth-order valence-electron chi connectivity index (χ4n) is 1.96. The van der Waals surface area contributed by atoms with Crippen LogP contribution in [0.15, 0.2) is 0 Å². The first kappa shape index (κ1) is 15.7. The van der Waals surface area contributed by atoms with Crippen molar-refractivity contribution in [3.63, 3.8) is 0 Å². The number of carboxylic acid groups (broad SMARTS) is 1. The Bertz CT molecular complexity index is 315. The maximum Gasteiger partial charge on any atom is 0.326 e. The summed E-state index contributed by atoms with van der Waals surface area (Å²) >= 11 is 0. The van der Waals surface area contributed by atoms with Crippen LogP contribution in [-0.4, -0.2) is 55.6 Å². The van der Waals surface area contributed by atoms with Crippen LogP contribution in [-0.2, 0) is 14.3 Å². The smallest absolute Gasteiger partial charge is 0.326 e. The van der Waals surface area contributed by atoms with E-state index >= 15 is 0 Å². The minimum atomic E-state index is -1.03. The van der Waals surface area contributed by atoms with E-state index in [9.17, 15) is 9.59 Å². The van der Waals surface area contributed by atoms with Crippen LogP contribution < -0.4 is 10.6 Å². The first-order valence-electron chi connectivity index (χ1n) is 6.43. The van der Waals surface area contributed by atoms with Crippen molar-refractivity contribution in [2.75, 3.05) is 26.9 Å². The van der Waals surface area contributed by atoms with Crippen molar-refractivity contribution in [3.05, 3.63) is 0 Å². The Balaban J connectivity index is 2.39. The normalized spacial score (nSPS) is 23.9. The fourth-order valence-corrected chi connectivity index (χ4v) is 1.96. The number of rotatable bonds is 7. The Kier molecular flexibility index (Phi) is 6.04. The number of aliphatic carboxylic acids is 1. The van der Waals surface area contributed by atoms with Crippen LogP contribution in [0.25, 0.3) is 0 Å². The summed E-state index contributed by atoms with van der Waals surface area (Å²) in [7, 11) is 1.57. The number of hydrogen-bond acceptors (Lipinski definition) is 4. The standard InChI is InChI=1S/C12H22N2O5/c1-3-4-9(10(15)16)14-11(17)13-7-12(18-2)5-6-19-8-12/h9H,3-8H2,1-2H3,(H,15,16)(H2,13,14,17). The van der Waals surface area contributed by atoms with Crippen LogP contribution in [0, 0.1) is 0 Å². The molecular weight excluding hydrogens is 252 g/mol. The Morgan fingerprint density at radius 2 is 2.26 bits per heavy atom. The third kappa shape index (κ3) is 4.68. The van der Waals surface area contributed by atoms with E-state index in [-0.39, 0.29) is 0 Å². The molecule has 2 atom stereocenters. The lowest BCUT2D eigenvalue weighted by Gasteiger charge is -2.26. The lowest BCUT2D eigenvalue weighted by atomic mass is 10.0. The number of methoxy groups -OCH3 is 1. The van der Waals surface area contributed by atoms with E-state index in [2.05, 4.69) is 10.6 Å². The molecule has 1 rings (SSSR count). The highest BCUT2D eigenvalue weighted by Gasteiger charge is 2.35. The number of ether oxygens (including phenoxy) is 2. The molecule has 1 heterocycles. The molecule has 110 valence electrons. The molecule has 7 nitrogen and oxygen atoms in total. The number of urea groups is 1. The van der Waals surface area contributed by atoms with Crippen LogP contribution in [0.4, 0.5) is 4.79 Å². The van der Waals surface area contributed by atoms with Crippen LogP contribution in [0.2, 0.25) is 0 Å². The molecule has 7 heteroatoms. The van der Waals surface area contributed by atoms with E-state index in [1.165, 1.54) is 0 Å². The zero-order valence-corrected chi connectivity index (χ0v) is 11.4. The quantitative estimate of drug-likeness (QED) is 0.622. The number of hydrogen-bond donors (Lipinski definition) is 3. The molecule has 19 heavy (non-hydrogen) atoms. The van der Waals surface area contributed by atoms with Crippen molar-refractivity contribution < 1.29 is 24.2 Å². The highest BCUT2D eigenvalue weighted by molar-refractivity contribution is 5.82. The van der Waals surface area contributed by atoms with Gasteiger partial charge in [-0.1, -0.05) is 13.3 Å². The van der Waals surface area contributed by atoms with E-state index in [4.69, 9.17) is 14.6 Å². The molecule has 1 saturated heterocycles. The zero-order chi connectivity index (χ0) is 14.3. The minimum absolute atomic E-state index is 0.299. The van der Waals surface area contributed by atoms with Crippen molar-refractivity contribution in [1.82, 2.24) is 10.6 Å². The van der Waals surface area contributed by atoms with Gasteiger partial charge in [-0.15, -0.1) is 0 Å². The number of carbonyl (C=O) groups is 2. The van der Waals surface area contributed by atoms with Gasteiger partial charge in [-0.3, -0.25) is 0 Å². The third-order valence-electron chi connectivity index (χ3n) is 3.25. The number of carboxylic acids is 1. The predicted molar refractivity (Wildman–Crippen MR) is 68.0 cm³/mol. The molecule has 1 aliphatic rings. The van der Waals surface area contributed by atoms with Crippen molar-refractivity contribution in [2.45, 2.75) is 37.8 Å². The van der Waals surface area contributed by atoms with E-state index in [0.717, 1.165) is 0 Å². The molecule has 0 bridgehead atoms. The van der Waals surface area contributed by atoms with Gasteiger partial charge in [0.15, 0.2) is 0 Å². The minimum Gasteiger partial charge on any atom is -0.480 e. The summed E-state index contributed by atoms with van der Waals surface area (Å²) in [5, 5.41) is 14.0. The summed E-state index contributed by atoms with van der Waals surface area (Å²) < 4.78 is 10.6. The number of amides is 2. The Morgan fingerprint density at radius 1 is 1.53 bits per heavy atom. The summed E-state index contributed by atoms with van der Waals surface area (Å²) in [5.41, 5.74) is -0.499. The average Bonchev–Trinajstić information content (AvgIpc) is 2.85. The number of carbonyl (C=O) groups excluding carboxylic acids is 1. The number of nitrogens with one attached hydrogen (secondary N) is 2. The predicted octanol–water partition coefficient (Wildman–Crippen LogP) is 0.344. The van der Waals surface area contributed by atoms with Crippen molar-refractivity contribution in [3.8, 4) is 0 Å². The molecule has 1 fully saturated rings. The van der Waals surface area contributed by atoms with Gasteiger partial charge in [0.05, 0.1) is 13.2 Å². The third-order valence-corrected chi connectivity index (χ3v) is 3.25. The van der Waals surface area contributed by atoms with E-state index in [0.29, 0.717) is 39.0 Å². The lowest BCUT2D eigenvalue weighted by Crippen LogP contribution is -2.51. The molecule has 0 spiro atoms. The molecule has 0 aromatic rings. The second-order valence-electron chi connectivity index (χ2n) is 4.70. The van der Waals surface area contributed by atoms with Crippen LogP contribution in [0.3, 0.4) is 0 Å². The van der Waals surface area contributed by atoms with Crippen LogP contribution in [0.1, 0.15) is 26.2 Å². The summed E-state index contributed by atoms with van der Waals surface area (Å²) in [6.07, 6.45) is 1.80. The van der Waals surface area contributed by atoms with Gasteiger partial charge in [0.2, 0.25) is 0 Å².